The molecular formula is C12H16BrN3O3S. The number of benzene rings is 1. The molecule has 0 aliphatic carbocycles. The van der Waals surface area contributed by atoms with Crippen LogP contribution in [-0.4, -0.2) is 45.4 Å². The number of sulfonamides is 1. The predicted molar refractivity (Wildman–Crippen MR) is 79.0 cm³/mol. The number of primary sulfonamides is 1. The summed E-state index contributed by atoms with van der Waals surface area (Å²) in [5, 5.41) is 8.35. The Kier molecular flexibility index (Phi) is 4.48. The Hall–Kier alpha value is -0.960. The minimum atomic E-state index is -3.86. The van der Waals surface area contributed by atoms with E-state index in [1.807, 2.05) is 0 Å². The Morgan fingerprint density at radius 2 is 1.95 bits per heavy atom. The van der Waals surface area contributed by atoms with Crippen LogP contribution in [0.25, 0.3) is 0 Å². The molecule has 0 aromatic heterocycles. The highest BCUT2D eigenvalue weighted by molar-refractivity contribution is 9.10. The van der Waals surface area contributed by atoms with Gasteiger partial charge >= 0.3 is 0 Å². The van der Waals surface area contributed by atoms with Gasteiger partial charge in [-0.2, -0.15) is 0 Å². The Morgan fingerprint density at radius 1 is 1.35 bits per heavy atom. The number of carbonyl (C=O) groups excluding carboxylic acids is 1. The van der Waals surface area contributed by atoms with Crippen molar-refractivity contribution in [3.8, 4) is 0 Å². The molecule has 0 atom stereocenters. The van der Waals surface area contributed by atoms with Crippen molar-refractivity contribution in [2.75, 3.05) is 26.2 Å². The maximum Gasteiger partial charge on any atom is 0.254 e. The molecule has 1 aliphatic heterocycles. The van der Waals surface area contributed by atoms with Crippen LogP contribution in [0.4, 0.5) is 0 Å². The van der Waals surface area contributed by atoms with Crippen LogP contribution in [-0.2, 0) is 10.0 Å². The largest absolute Gasteiger partial charge is 0.336 e. The lowest BCUT2D eigenvalue weighted by molar-refractivity contribution is 0.0734. The molecule has 0 bridgehead atoms. The van der Waals surface area contributed by atoms with Crippen LogP contribution in [0.15, 0.2) is 21.5 Å². The van der Waals surface area contributed by atoms with Crippen LogP contribution in [0.2, 0.25) is 0 Å². The zero-order chi connectivity index (χ0) is 14.9. The Balaban J connectivity index is 2.46. The van der Waals surface area contributed by atoms with Gasteiger partial charge in [-0.25, -0.2) is 13.6 Å². The van der Waals surface area contributed by atoms with E-state index in [0.717, 1.165) is 13.1 Å². The number of rotatable bonds is 2. The number of halogens is 1. The maximum atomic E-state index is 12.5. The first-order valence-corrected chi connectivity index (χ1v) is 8.47. The summed E-state index contributed by atoms with van der Waals surface area (Å²) in [6.45, 7) is 4.29. The second-order valence-corrected chi connectivity index (χ2v) is 7.11. The average molecular weight is 362 g/mol. The molecule has 6 nitrogen and oxygen atoms in total. The summed E-state index contributed by atoms with van der Waals surface area (Å²) in [4.78, 5) is 14.2. The van der Waals surface area contributed by atoms with Crippen LogP contribution in [0.1, 0.15) is 15.9 Å². The Bertz CT molecular complexity index is 640. The molecule has 1 heterocycles. The monoisotopic (exact) mass is 361 g/mol. The highest BCUT2D eigenvalue weighted by Crippen LogP contribution is 2.25. The second kappa shape index (κ2) is 5.80. The van der Waals surface area contributed by atoms with Gasteiger partial charge in [0.15, 0.2) is 0 Å². The van der Waals surface area contributed by atoms with Crippen molar-refractivity contribution >= 4 is 31.9 Å². The molecule has 0 radical (unpaired) electrons. The molecular weight excluding hydrogens is 346 g/mol. The standard InChI is InChI=1S/C12H16BrN3O3S/c1-8-10(12(17)16-4-2-15-3-5-16)6-9(13)7-11(8)20(14,18)19/h6-7,15H,2-5H2,1H3,(H2,14,18,19). The smallest absolute Gasteiger partial charge is 0.254 e. The first-order valence-electron chi connectivity index (χ1n) is 6.13. The van der Waals surface area contributed by atoms with Crippen molar-refractivity contribution < 1.29 is 13.2 Å². The fraction of sp³-hybridized carbons (Fsp3) is 0.417. The third kappa shape index (κ3) is 3.20. The van der Waals surface area contributed by atoms with E-state index in [1.165, 1.54) is 6.07 Å². The molecule has 1 fully saturated rings. The molecule has 3 N–H and O–H groups in total. The van der Waals surface area contributed by atoms with Crippen LogP contribution in [0.3, 0.4) is 0 Å². The SMILES string of the molecule is Cc1c(C(=O)N2CCNCC2)cc(Br)cc1S(N)(=O)=O. The van der Waals surface area contributed by atoms with Gasteiger partial charge in [-0.3, -0.25) is 4.79 Å². The third-order valence-corrected chi connectivity index (χ3v) is 4.76. The molecule has 1 aromatic rings. The van der Waals surface area contributed by atoms with Gasteiger partial charge in [-0.1, -0.05) is 15.9 Å². The highest BCUT2D eigenvalue weighted by atomic mass is 79.9. The normalized spacial score (nSPS) is 16.2. The number of nitrogens with zero attached hydrogens (tertiary/aromatic N) is 1. The van der Waals surface area contributed by atoms with Gasteiger partial charge in [0.05, 0.1) is 4.90 Å². The summed E-state index contributed by atoms with van der Waals surface area (Å²) < 4.78 is 23.7. The molecule has 1 aliphatic rings. The van der Waals surface area contributed by atoms with Crippen LogP contribution in [0, 0.1) is 6.92 Å². The zero-order valence-electron chi connectivity index (χ0n) is 11.0. The Labute approximate surface area is 126 Å². The van der Waals surface area contributed by atoms with Gasteiger partial charge < -0.3 is 10.2 Å². The summed E-state index contributed by atoms with van der Waals surface area (Å²) >= 11 is 3.23. The fourth-order valence-corrected chi connectivity index (χ4v) is 3.65. The molecule has 0 spiro atoms. The van der Waals surface area contributed by atoms with E-state index < -0.39 is 10.0 Å². The molecule has 0 unspecified atom stereocenters. The quantitative estimate of drug-likeness (QED) is 0.799. The van der Waals surface area contributed by atoms with Crippen molar-refractivity contribution in [3.05, 3.63) is 27.7 Å². The number of nitrogens with one attached hydrogen (secondary N) is 1. The summed E-state index contributed by atoms with van der Waals surface area (Å²) in [6, 6.07) is 3.05. The third-order valence-electron chi connectivity index (χ3n) is 3.27. The number of hydrogen-bond acceptors (Lipinski definition) is 4. The Morgan fingerprint density at radius 3 is 2.50 bits per heavy atom. The molecule has 110 valence electrons. The van der Waals surface area contributed by atoms with Crippen molar-refractivity contribution in [3.63, 3.8) is 0 Å². The minimum Gasteiger partial charge on any atom is -0.336 e. The summed E-state index contributed by atoms with van der Waals surface area (Å²) in [7, 11) is -3.86. The average Bonchev–Trinajstić information content (AvgIpc) is 2.40. The van der Waals surface area contributed by atoms with E-state index in [0.29, 0.717) is 28.7 Å². The summed E-state index contributed by atoms with van der Waals surface area (Å²) in [5.74, 6) is -0.171. The van der Waals surface area contributed by atoms with E-state index in [-0.39, 0.29) is 10.8 Å². The van der Waals surface area contributed by atoms with Gasteiger partial charge in [0.2, 0.25) is 10.0 Å². The van der Waals surface area contributed by atoms with Gasteiger partial charge in [-0.15, -0.1) is 0 Å². The van der Waals surface area contributed by atoms with Gasteiger partial charge in [0.1, 0.15) is 0 Å². The number of piperazine rings is 1. The number of nitrogens with two attached hydrogens (primary N) is 1. The van der Waals surface area contributed by atoms with E-state index in [2.05, 4.69) is 21.2 Å². The lowest BCUT2D eigenvalue weighted by Crippen LogP contribution is -2.46. The molecule has 2 rings (SSSR count). The van der Waals surface area contributed by atoms with Gasteiger partial charge in [0, 0.05) is 36.2 Å². The van der Waals surface area contributed by atoms with E-state index in [1.54, 1.807) is 17.9 Å². The molecule has 1 aromatic carbocycles. The van der Waals surface area contributed by atoms with Crippen LogP contribution in [0.5, 0.6) is 0 Å². The first kappa shape index (κ1) is 15.4. The summed E-state index contributed by atoms with van der Waals surface area (Å²) in [6.07, 6.45) is 0. The lowest BCUT2D eigenvalue weighted by atomic mass is 10.1. The van der Waals surface area contributed by atoms with E-state index >= 15 is 0 Å². The van der Waals surface area contributed by atoms with Crippen LogP contribution >= 0.6 is 15.9 Å². The van der Waals surface area contributed by atoms with Crippen molar-refractivity contribution in [1.82, 2.24) is 10.2 Å². The van der Waals surface area contributed by atoms with Crippen molar-refractivity contribution in [2.24, 2.45) is 5.14 Å². The topological polar surface area (TPSA) is 92.5 Å². The zero-order valence-corrected chi connectivity index (χ0v) is 13.4. The molecule has 0 saturated carbocycles. The number of amides is 1. The summed E-state index contributed by atoms with van der Waals surface area (Å²) in [5.41, 5.74) is 0.754. The molecule has 1 amide bonds. The maximum absolute atomic E-state index is 12.5. The molecule has 20 heavy (non-hydrogen) atoms. The van der Waals surface area contributed by atoms with Gasteiger partial charge in [-0.05, 0) is 24.6 Å². The van der Waals surface area contributed by atoms with Gasteiger partial charge in [0.25, 0.3) is 5.91 Å². The second-order valence-electron chi connectivity index (χ2n) is 4.66. The highest BCUT2D eigenvalue weighted by Gasteiger charge is 2.23. The lowest BCUT2D eigenvalue weighted by Gasteiger charge is -2.28. The van der Waals surface area contributed by atoms with Crippen LogP contribution < -0.4 is 10.5 Å². The predicted octanol–water partition coefficient (Wildman–Crippen LogP) is 0.450. The fourth-order valence-electron chi connectivity index (χ4n) is 2.21. The number of hydrogen-bond donors (Lipinski definition) is 2. The van der Waals surface area contributed by atoms with E-state index in [4.69, 9.17) is 5.14 Å². The first-order chi connectivity index (χ1) is 9.30. The minimum absolute atomic E-state index is 0.0228. The van der Waals surface area contributed by atoms with E-state index in [9.17, 15) is 13.2 Å². The van der Waals surface area contributed by atoms with Crippen molar-refractivity contribution in [2.45, 2.75) is 11.8 Å². The number of carbonyl (C=O) groups is 1. The van der Waals surface area contributed by atoms with Crippen molar-refractivity contribution in [1.29, 1.82) is 0 Å². The molecule has 1 saturated heterocycles. The molecule has 8 heteroatoms.